The van der Waals surface area contributed by atoms with Crippen molar-refractivity contribution in [3.63, 3.8) is 0 Å². The van der Waals surface area contributed by atoms with Crippen LogP contribution in [0.5, 0.6) is 5.75 Å². The van der Waals surface area contributed by atoms with Crippen molar-refractivity contribution in [2.75, 3.05) is 6.61 Å². The average molecular weight is 442 g/mol. The van der Waals surface area contributed by atoms with Crippen LogP contribution in [0.4, 0.5) is 0 Å². The second-order valence-corrected chi connectivity index (χ2v) is 8.41. The lowest BCUT2D eigenvalue weighted by molar-refractivity contribution is 0.0717. The molecule has 1 atom stereocenters. The van der Waals surface area contributed by atoms with Crippen LogP contribution in [-0.2, 0) is 6.54 Å². The van der Waals surface area contributed by atoms with Gasteiger partial charge in [0.25, 0.3) is 5.91 Å². The third-order valence-corrected chi connectivity index (χ3v) is 6.06. The van der Waals surface area contributed by atoms with Gasteiger partial charge < -0.3 is 14.1 Å². The Hall–Kier alpha value is -3.80. The van der Waals surface area contributed by atoms with Crippen LogP contribution in [0.15, 0.2) is 71.3 Å². The molecule has 168 valence electrons. The van der Waals surface area contributed by atoms with Gasteiger partial charge in [-0.25, -0.2) is 0 Å². The lowest BCUT2D eigenvalue weighted by Crippen LogP contribution is -2.28. The number of rotatable bonds is 8. The number of aromatic nitrogens is 2. The Morgan fingerprint density at radius 2 is 1.88 bits per heavy atom. The number of unbranched alkanes of at least 4 members (excludes halogenated alkanes) is 1. The van der Waals surface area contributed by atoms with Gasteiger partial charge in [0.1, 0.15) is 17.2 Å². The lowest BCUT2D eigenvalue weighted by atomic mass is 9.95. The number of hydrogen-bond donors (Lipinski definition) is 1. The first-order chi connectivity index (χ1) is 16.2. The van der Waals surface area contributed by atoms with Gasteiger partial charge >= 0.3 is 0 Å². The zero-order chi connectivity index (χ0) is 22.8. The van der Waals surface area contributed by atoms with Crippen molar-refractivity contribution < 1.29 is 13.9 Å². The molecule has 0 radical (unpaired) electrons. The topological polar surface area (TPSA) is 71.4 Å². The largest absolute Gasteiger partial charge is 0.494 e. The van der Waals surface area contributed by atoms with E-state index < -0.39 is 0 Å². The molecule has 1 unspecified atom stereocenters. The molecule has 6 heteroatoms. The quantitative estimate of drug-likeness (QED) is 0.346. The summed E-state index contributed by atoms with van der Waals surface area (Å²) in [6.45, 7) is 5.28. The highest BCUT2D eigenvalue weighted by molar-refractivity contribution is 6.00. The fourth-order valence-corrected chi connectivity index (χ4v) is 4.29. The number of nitrogens with zero attached hydrogens (tertiary/aromatic N) is 2. The standard InChI is InChI=1S/C27H27N3O3/c1-3-4-15-32-21-13-11-20(12-14-21)26-23-24(19-9-7-18(2)8-10-19)28-29-25(23)27(31)30(26)17-22-6-5-16-33-22/h5-14,16,26H,3-4,15,17H2,1-2H3,(H,28,29). The van der Waals surface area contributed by atoms with E-state index >= 15 is 0 Å². The second kappa shape index (κ2) is 8.98. The SMILES string of the molecule is CCCCOc1ccc(C2c3c(-c4ccc(C)cc4)n[nH]c3C(=O)N2Cc2ccco2)cc1. The van der Waals surface area contributed by atoms with Crippen LogP contribution in [0, 0.1) is 6.92 Å². The number of carbonyl (C=O) groups is 1. The van der Waals surface area contributed by atoms with Gasteiger partial charge in [0.05, 0.1) is 31.2 Å². The van der Waals surface area contributed by atoms with E-state index in [0.717, 1.165) is 46.7 Å². The van der Waals surface area contributed by atoms with E-state index in [1.807, 2.05) is 53.4 Å². The summed E-state index contributed by atoms with van der Waals surface area (Å²) in [6, 6.07) is 19.7. The number of ether oxygens (including phenoxy) is 1. The zero-order valence-electron chi connectivity index (χ0n) is 18.9. The maximum Gasteiger partial charge on any atom is 0.273 e. The minimum Gasteiger partial charge on any atom is -0.494 e. The molecule has 0 aliphatic carbocycles. The van der Waals surface area contributed by atoms with E-state index in [0.29, 0.717) is 18.8 Å². The van der Waals surface area contributed by atoms with Gasteiger partial charge in [0, 0.05) is 11.1 Å². The highest BCUT2D eigenvalue weighted by Crippen LogP contribution is 2.43. The van der Waals surface area contributed by atoms with Crippen LogP contribution in [0.1, 0.15) is 58.7 Å². The molecule has 1 aliphatic heterocycles. The molecular formula is C27H27N3O3. The molecule has 0 saturated heterocycles. The summed E-state index contributed by atoms with van der Waals surface area (Å²) in [5, 5.41) is 7.55. The molecule has 2 aromatic heterocycles. The number of H-pyrrole nitrogens is 1. The fraction of sp³-hybridized carbons (Fsp3) is 0.259. The van der Waals surface area contributed by atoms with Crippen LogP contribution in [0.2, 0.25) is 0 Å². The first-order valence-corrected chi connectivity index (χ1v) is 11.4. The highest BCUT2D eigenvalue weighted by Gasteiger charge is 2.42. The fourth-order valence-electron chi connectivity index (χ4n) is 4.29. The summed E-state index contributed by atoms with van der Waals surface area (Å²) in [7, 11) is 0. The molecule has 2 aromatic carbocycles. The molecule has 1 aliphatic rings. The first kappa shape index (κ1) is 21.1. The Balaban J connectivity index is 1.55. The summed E-state index contributed by atoms with van der Waals surface area (Å²) in [4.78, 5) is 15.3. The van der Waals surface area contributed by atoms with Gasteiger partial charge in [-0.2, -0.15) is 5.10 Å². The number of furan rings is 1. The maximum atomic E-state index is 13.4. The Morgan fingerprint density at radius 3 is 2.58 bits per heavy atom. The van der Waals surface area contributed by atoms with Gasteiger partial charge in [0.2, 0.25) is 0 Å². The minimum absolute atomic E-state index is 0.0828. The van der Waals surface area contributed by atoms with Crippen LogP contribution in [-0.4, -0.2) is 27.6 Å². The van der Waals surface area contributed by atoms with Crippen LogP contribution in [0.25, 0.3) is 11.3 Å². The molecule has 5 rings (SSSR count). The van der Waals surface area contributed by atoms with E-state index in [4.69, 9.17) is 9.15 Å². The zero-order valence-corrected chi connectivity index (χ0v) is 18.9. The molecule has 0 bridgehead atoms. The third kappa shape index (κ3) is 4.04. The van der Waals surface area contributed by atoms with Crippen molar-refractivity contribution in [3.05, 3.63) is 95.1 Å². The Labute approximate surface area is 193 Å². The summed E-state index contributed by atoms with van der Waals surface area (Å²) in [6.07, 6.45) is 3.75. The monoisotopic (exact) mass is 441 g/mol. The van der Waals surface area contributed by atoms with Gasteiger partial charge in [-0.1, -0.05) is 55.3 Å². The summed E-state index contributed by atoms with van der Waals surface area (Å²) >= 11 is 0. The smallest absolute Gasteiger partial charge is 0.273 e. The Bertz CT molecular complexity index is 1220. The molecule has 0 fully saturated rings. The van der Waals surface area contributed by atoms with E-state index in [-0.39, 0.29) is 11.9 Å². The number of nitrogens with one attached hydrogen (secondary N) is 1. The molecule has 3 heterocycles. The van der Waals surface area contributed by atoms with Crippen molar-refractivity contribution in [2.24, 2.45) is 0 Å². The molecule has 6 nitrogen and oxygen atoms in total. The molecule has 0 saturated carbocycles. The summed E-state index contributed by atoms with van der Waals surface area (Å²) in [5.41, 5.74) is 5.40. The number of aromatic amines is 1. The molecule has 1 amide bonds. The molecule has 0 spiro atoms. The van der Waals surface area contributed by atoms with E-state index in [1.54, 1.807) is 6.26 Å². The number of carbonyl (C=O) groups excluding carboxylic acids is 1. The van der Waals surface area contributed by atoms with Gasteiger partial charge in [-0.05, 0) is 43.2 Å². The van der Waals surface area contributed by atoms with E-state index in [1.165, 1.54) is 5.56 Å². The summed E-state index contributed by atoms with van der Waals surface area (Å²) in [5.74, 6) is 1.49. The van der Waals surface area contributed by atoms with Gasteiger partial charge in [-0.15, -0.1) is 0 Å². The van der Waals surface area contributed by atoms with Crippen molar-refractivity contribution >= 4 is 5.91 Å². The van der Waals surface area contributed by atoms with Crippen LogP contribution >= 0.6 is 0 Å². The normalized spacial score (nSPS) is 15.2. The van der Waals surface area contributed by atoms with Crippen molar-refractivity contribution in [2.45, 2.75) is 39.3 Å². The van der Waals surface area contributed by atoms with E-state index in [9.17, 15) is 4.79 Å². The van der Waals surface area contributed by atoms with Gasteiger partial charge in [-0.3, -0.25) is 9.89 Å². The number of benzene rings is 2. The Kier molecular flexibility index (Phi) is 5.73. The number of fused-ring (bicyclic) bond motifs is 1. The highest BCUT2D eigenvalue weighted by atomic mass is 16.5. The number of hydrogen-bond acceptors (Lipinski definition) is 4. The van der Waals surface area contributed by atoms with Crippen molar-refractivity contribution in [1.82, 2.24) is 15.1 Å². The minimum atomic E-state index is -0.280. The van der Waals surface area contributed by atoms with Crippen LogP contribution in [0.3, 0.4) is 0 Å². The molecular weight excluding hydrogens is 414 g/mol. The third-order valence-electron chi connectivity index (χ3n) is 6.06. The van der Waals surface area contributed by atoms with Crippen molar-refractivity contribution in [3.8, 4) is 17.0 Å². The molecule has 33 heavy (non-hydrogen) atoms. The Morgan fingerprint density at radius 1 is 1.09 bits per heavy atom. The van der Waals surface area contributed by atoms with Crippen LogP contribution < -0.4 is 4.74 Å². The average Bonchev–Trinajstić information content (AvgIpc) is 3.55. The first-order valence-electron chi connectivity index (χ1n) is 11.4. The van der Waals surface area contributed by atoms with Crippen molar-refractivity contribution in [1.29, 1.82) is 0 Å². The second-order valence-electron chi connectivity index (χ2n) is 8.41. The maximum absolute atomic E-state index is 13.4. The molecule has 4 aromatic rings. The lowest BCUT2D eigenvalue weighted by Gasteiger charge is -2.25. The summed E-state index contributed by atoms with van der Waals surface area (Å²) < 4.78 is 11.4. The predicted octanol–water partition coefficient (Wildman–Crippen LogP) is 5.90. The number of aryl methyl sites for hydroxylation is 1. The molecule has 1 N–H and O–H groups in total. The predicted molar refractivity (Wildman–Crippen MR) is 126 cm³/mol. The number of amides is 1. The van der Waals surface area contributed by atoms with Gasteiger partial charge in [0.15, 0.2) is 0 Å². The van der Waals surface area contributed by atoms with E-state index in [2.05, 4.69) is 36.2 Å².